The van der Waals surface area contributed by atoms with Gasteiger partial charge in [0, 0.05) is 21.9 Å². The fraction of sp³-hybridized carbons (Fsp3) is 0.538. The van der Waals surface area contributed by atoms with Gasteiger partial charge in [0.25, 0.3) is 0 Å². The zero-order chi connectivity index (χ0) is 13.1. The van der Waals surface area contributed by atoms with E-state index in [1.807, 2.05) is 0 Å². The normalized spacial score (nSPS) is 13.8. The second-order valence-corrected chi connectivity index (χ2v) is 7.27. The molecular formula is C13H18ClFOS. The van der Waals surface area contributed by atoms with Gasteiger partial charge in [0.05, 0.1) is 6.10 Å². The molecular weight excluding hydrogens is 259 g/mol. The largest absolute Gasteiger partial charge is 0.392 e. The van der Waals surface area contributed by atoms with Crippen LogP contribution in [0.1, 0.15) is 26.3 Å². The van der Waals surface area contributed by atoms with Crippen LogP contribution in [0.5, 0.6) is 0 Å². The maximum Gasteiger partial charge on any atom is 0.124 e. The molecule has 1 unspecified atom stereocenters. The van der Waals surface area contributed by atoms with Gasteiger partial charge >= 0.3 is 0 Å². The fourth-order valence-electron chi connectivity index (χ4n) is 1.35. The van der Waals surface area contributed by atoms with Crippen LogP contribution in [0.25, 0.3) is 0 Å². The van der Waals surface area contributed by atoms with Crippen molar-refractivity contribution in [3.05, 3.63) is 34.6 Å². The molecule has 0 radical (unpaired) electrons. The van der Waals surface area contributed by atoms with E-state index in [0.717, 1.165) is 5.56 Å². The molecule has 1 atom stereocenters. The second-order valence-electron chi connectivity index (χ2n) is 5.02. The molecule has 0 heterocycles. The summed E-state index contributed by atoms with van der Waals surface area (Å²) in [4.78, 5) is 0. The van der Waals surface area contributed by atoms with Gasteiger partial charge in [-0.2, -0.15) is 11.8 Å². The Hall–Kier alpha value is -0.250. The third-order valence-electron chi connectivity index (χ3n) is 2.18. The van der Waals surface area contributed by atoms with Crippen LogP contribution in [0.2, 0.25) is 5.02 Å². The SMILES string of the molecule is CC(C)(C)SCC(O)Cc1ccc(F)cc1Cl. The minimum Gasteiger partial charge on any atom is -0.392 e. The second kappa shape index (κ2) is 6.07. The summed E-state index contributed by atoms with van der Waals surface area (Å²) < 4.78 is 13.0. The van der Waals surface area contributed by atoms with Gasteiger partial charge in [0.1, 0.15) is 5.82 Å². The van der Waals surface area contributed by atoms with Gasteiger partial charge in [-0.15, -0.1) is 0 Å². The Bertz CT molecular complexity index is 376. The average molecular weight is 277 g/mol. The third-order valence-corrected chi connectivity index (χ3v) is 3.95. The Labute approximate surface area is 111 Å². The van der Waals surface area contributed by atoms with Gasteiger partial charge in [-0.05, 0) is 17.7 Å². The lowest BCUT2D eigenvalue weighted by Crippen LogP contribution is -2.19. The number of aliphatic hydroxyl groups is 1. The molecule has 4 heteroatoms. The van der Waals surface area contributed by atoms with E-state index < -0.39 is 6.10 Å². The quantitative estimate of drug-likeness (QED) is 0.900. The van der Waals surface area contributed by atoms with E-state index in [1.165, 1.54) is 12.1 Å². The number of benzene rings is 1. The number of hydrogen-bond donors (Lipinski definition) is 1. The highest BCUT2D eigenvalue weighted by Crippen LogP contribution is 2.25. The molecule has 0 saturated heterocycles. The van der Waals surface area contributed by atoms with E-state index in [0.29, 0.717) is 17.2 Å². The number of aliphatic hydroxyl groups excluding tert-OH is 1. The van der Waals surface area contributed by atoms with Crippen molar-refractivity contribution < 1.29 is 9.50 Å². The topological polar surface area (TPSA) is 20.2 Å². The summed E-state index contributed by atoms with van der Waals surface area (Å²) in [5.74, 6) is 0.300. The van der Waals surface area contributed by atoms with E-state index >= 15 is 0 Å². The average Bonchev–Trinajstić information content (AvgIpc) is 2.18. The molecule has 0 fully saturated rings. The van der Waals surface area contributed by atoms with Gasteiger partial charge in [-0.25, -0.2) is 4.39 Å². The molecule has 0 aliphatic carbocycles. The van der Waals surface area contributed by atoms with Crippen molar-refractivity contribution in [2.75, 3.05) is 5.75 Å². The summed E-state index contributed by atoms with van der Waals surface area (Å²) in [6, 6.07) is 4.27. The van der Waals surface area contributed by atoms with E-state index in [1.54, 1.807) is 17.8 Å². The molecule has 0 aliphatic rings. The number of thioether (sulfide) groups is 1. The number of halogens is 2. The number of hydrogen-bond acceptors (Lipinski definition) is 2. The van der Waals surface area contributed by atoms with Crippen LogP contribution in [0.4, 0.5) is 4.39 Å². The zero-order valence-corrected chi connectivity index (χ0v) is 11.9. The fourth-order valence-corrected chi connectivity index (χ4v) is 2.40. The van der Waals surface area contributed by atoms with Crippen molar-refractivity contribution in [2.45, 2.75) is 38.0 Å². The molecule has 0 amide bonds. The Kier molecular flexibility index (Phi) is 5.29. The Morgan fingerprint density at radius 2 is 2.06 bits per heavy atom. The van der Waals surface area contributed by atoms with Gasteiger partial charge in [-0.1, -0.05) is 38.4 Å². The van der Waals surface area contributed by atoms with Crippen molar-refractivity contribution in [1.29, 1.82) is 0 Å². The number of rotatable bonds is 4. The lowest BCUT2D eigenvalue weighted by molar-refractivity contribution is 0.200. The molecule has 1 aromatic rings. The van der Waals surface area contributed by atoms with Crippen LogP contribution in [-0.2, 0) is 6.42 Å². The molecule has 1 nitrogen and oxygen atoms in total. The molecule has 0 spiro atoms. The van der Waals surface area contributed by atoms with E-state index in [-0.39, 0.29) is 10.6 Å². The Balaban J connectivity index is 2.53. The van der Waals surface area contributed by atoms with Gasteiger partial charge in [-0.3, -0.25) is 0 Å². The molecule has 96 valence electrons. The molecule has 17 heavy (non-hydrogen) atoms. The summed E-state index contributed by atoms with van der Waals surface area (Å²) in [6.45, 7) is 6.32. The smallest absolute Gasteiger partial charge is 0.124 e. The molecule has 1 rings (SSSR count). The monoisotopic (exact) mass is 276 g/mol. The highest BCUT2D eigenvalue weighted by molar-refractivity contribution is 8.00. The van der Waals surface area contributed by atoms with Gasteiger partial charge in [0.15, 0.2) is 0 Å². The van der Waals surface area contributed by atoms with Crippen molar-refractivity contribution in [3.8, 4) is 0 Å². The molecule has 0 bridgehead atoms. The Morgan fingerprint density at radius 1 is 1.41 bits per heavy atom. The highest BCUT2D eigenvalue weighted by Gasteiger charge is 2.15. The Morgan fingerprint density at radius 3 is 2.59 bits per heavy atom. The lowest BCUT2D eigenvalue weighted by atomic mass is 10.1. The standard InChI is InChI=1S/C13H18ClFOS/c1-13(2,3)17-8-11(16)6-9-4-5-10(15)7-12(9)14/h4-5,7,11,16H,6,8H2,1-3H3. The lowest BCUT2D eigenvalue weighted by Gasteiger charge is -2.20. The molecule has 0 aliphatic heterocycles. The molecule has 1 aromatic carbocycles. The summed E-state index contributed by atoms with van der Waals surface area (Å²) in [5.41, 5.74) is 0.787. The van der Waals surface area contributed by atoms with Crippen molar-refractivity contribution >= 4 is 23.4 Å². The first kappa shape index (κ1) is 14.8. The van der Waals surface area contributed by atoms with Crippen LogP contribution in [0.15, 0.2) is 18.2 Å². The van der Waals surface area contributed by atoms with E-state index in [9.17, 15) is 9.50 Å². The predicted octanol–water partition coefficient (Wildman–Crippen LogP) is 3.91. The minimum atomic E-state index is -0.456. The van der Waals surface area contributed by atoms with Crippen LogP contribution in [-0.4, -0.2) is 21.7 Å². The van der Waals surface area contributed by atoms with Crippen LogP contribution in [0, 0.1) is 5.82 Å². The van der Waals surface area contributed by atoms with Crippen molar-refractivity contribution in [2.24, 2.45) is 0 Å². The van der Waals surface area contributed by atoms with Crippen LogP contribution >= 0.6 is 23.4 Å². The summed E-state index contributed by atoms with van der Waals surface area (Å²) in [7, 11) is 0. The van der Waals surface area contributed by atoms with Gasteiger partial charge < -0.3 is 5.11 Å². The molecule has 0 saturated carbocycles. The first-order valence-corrected chi connectivity index (χ1v) is 6.90. The molecule has 0 aromatic heterocycles. The first-order chi connectivity index (χ1) is 7.78. The zero-order valence-electron chi connectivity index (χ0n) is 10.3. The first-order valence-electron chi connectivity index (χ1n) is 5.54. The summed E-state index contributed by atoms with van der Waals surface area (Å²) in [5, 5.41) is 10.3. The molecule has 1 N–H and O–H groups in total. The van der Waals surface area contributed by atoms with Crippen molar-refractivity contribution in [1.82, 2.24) is 0 Å². The van der Waals surface area contributed by atoms with Crippen LogP contribution < -0.4 is 0 Å². The highest BCUT2D eigenvalue weighted by atomic mass is 35.5. The van der Waals surface area contributed by atoms with Crippen molar-refractivity contribution in [3.63, 3.8) is 0 Å². The predicted molar refractivity (Wildman–Crippen MR) is 73.3 cm³/mol. The maximum atomic E-state index is 12.8. The van der Waals surface area contributed by atoms with Crippen LogP contribution in [0.3, 0.4) is 0 Å². The summed E-state index contributed by atoms with van der Waals surface area (Å²) in [6.07, 6.45) is 0.00420. The third kappa shape index (κ3) is 5.75. The summed E-state index contributed by atoms with van der Waals surface area (Å²) >= 11 is 7.61. The minimum absolute atomic E-state index is 0.133. The van der Waals surface area contributed by atoms with E-state index in [4.69, 9.17) is 11.6 Å². The maximum absolute atomic E-state index is 12.8. The van der Waals surface area contributed by atoms with E-state index in [2.05, 4.69) is 20.8 Å². The van der Waals surface area contributed by atoms with Gasteiger partial charge in [0.2, 0.25) is 0 Å².